The molecule has 1 aliphatic carbocycles. The molecule has 1 aromatic heterocycles. The molecule has 290 valence electrons. The molecule has 0 spiro atoms. The molecule has 2 nitrogen and oxygen atoms in total. The van der Waals surface area contributed by atoms with Crippen molar-refractivity contribution in [1.82, 2.24) is 0 Å². The van der Waals surface area contributed by atoms with Gasteiger partial charge in [0.05, 0.1) is 22.1 Å². The predicted molar refractivity (Wildman–Crippen MR) is 250 cm³/mol. The third-order valence-corrected chi connectivity index (χ3v) is 13.2. The molecule has 0 fully saturated rings. The molecule has 0 atom stereocenters. The standard InChI is InChI=1S/C53H55ClN2S/c1-50(2,3)34-19-25-37(26-20-34)55(38-27-21-35(22-28-38)51(4,5)6)45-17-14-18-46(49(45)54)56(39-29-23-36(24-30-39)52(7,8)9)47-33-57-48-32-44-41(31-42(47)48)40-15-12-13-16-43(40)53(44,10)11/h12-33H,1-11H3. The van der Waals surface area contributed by atoms with Gasteiger partial charge in [0.15, 0.2) is 0 Å². The summed E-state index contributed by atoms with van der Waals surface area (Å²) in [6.45, 7) is 25.1. The minimum Gasteiger partial charge on any atom is -0.309 e. The molecule has 1 heterocycles. The Balaban J connectivity index is 1.34. The van der Waals surface area contributed by atoms with E-state index in [0.29, 0.717) is 5.02 Å². The van der Waals surface area contributed by atoms with Crippen LogP contribution in [0.2, 0.25) is 5.02 Å². The van der Waals surface area contributed by atoms with E-state index in [0.717, 1.165) is 34.1 Å². The van der Waals surface area contributed by atoms with Crippen LogP contribution in [-0.4, -0.2) is 0 Å². The lowest BCUT2D eigenvalue weighted by atomic mass is 9.82. The quantitative estimate of drug-likeness (QED) is 0.166. The highest BCUT2D eigenvalue weighted by Gasteiger charge is 2.36. The first-order valence-corrected chi connectivity index (χ1v) is 21.5. The summed E-state index contributed by atoms with van der Waals surface area (Å²) in [4.78, 5) is 4.68. The van der Waals surface area contributed by atoms with Crippen molar-refractivity contribution in [2.45, 2.75) is 97.8 Å². The van der Waals surface area contributed by atoms with Gasteiger partial charge in [-0.3, -0.25) is 0 Å². The summed E-state index contributed by atoms with van der Waals surface area (Å²) < 4.78 is 1.27. The maximum absolute atomic E-state index is 7.85. The zero-order valence-corrected chi connectivity index (χ0v) is 37.0. The Morgan fingerprint density at radius 1 is 0.474 bits per heavy atom. The van der Waals surface area contributed by atoms with Crippen LogP contribution in [0.5, 0.6) is 0 Å². The topological polar surface area (TPSA) is 6.48 Å². The lowest BCUT2D eigenvalue weighted by Gasteiger charge is -2.32. The second-order valence-electron chi connectivity index (χ2n) is 19.4. The van der Waals surface area contributed by atoms with E-state index >= 15 is 0 Å². The molecule has 0 aliphatic heterocycles. The third-order valence-electron chi connectivity index (χ3n) is 11.9. The average molecular weight is 788 g/mol. The zero-order chi connectivity index (χ0) is 40.7. The lowest BCUT2D eigenvalue weighted by Crippen LogP contribution is -2.16. The van der Waals surface area contributed by atoms with Crippen molar-refractivity contribution in [2.24, 2.45) is 0 Å². The van der Waals surface area contributed by atoms with E-state index in [4.69, 9.17) is 11.6 Å². The molecule has 0 unspecified atom stereocenters. The van der Waals surface area contributed by atoms with E-state index < -0.39 is 0 Å². The Kier molecular flexibility index (Phi) is 9.53. The van der Waals surface area contributed by atoms with Crippen LogP contribution in [-0.2, 0) is 21.7 Å². The summed E-state index contributed by atoms with van der Waals surface area (Å²) in [5, 5.41) is 4.22. The predicted octanol–water partition coefficient (Wildman–Crippen LogP) is 16.7. The number of nitrogens with zero attached hydrogens (tertiary/aromatic N) is 2. The summed E-state index contributed by atoms with van der Waals surface area (Å²) in [5.74, 6) is 0. The number of hydrogen-bond acceptors (Lipinski definition) is 3. The van der Waals surface area contributed by atoms with Crippen molar-refractivity contribution < 1.29 is 0 Å². The summed E-state index contributed by atoms with van der Waals surface area (Å²) in [5.41, 5.74) is 15.5. The van der Waals surface area contributed by atoms with Crippen LogP contribution in [0.3, 0.4) is 0 Å². The van der Waals surface area contributed by atoms with Gasteiger partial charge in [-0.05, 0) is 116 Å². The lowest BCUT2D eigenvalue weighted by molar-refractivity contribution is 0.590. The monoisotopic (exact) mass is 786 g/mol. The summed E-state index contributed by atoms with van der Waals surface area (Å²) in [7, 11) is 0. The van der Waals surface area contributed by atoms with Gasteiger partial charge in [-0.15, -0.1) is 11.3 Å². The number of halogens is 1. The minimum atomic E-state index is -0.0655. The van der Waals surface area contributed by atoms with Gasteiger partial charge in [0, 0.05) is 37.9 Å². The molecule has 8 rings (SSSR count). The largest absolute Gasteiger partial charge is 0.309 e. The number of rotatable bonds is 6. The molecular formula is C53H55ClN2S. The Morgan fingerprint density at radius 2 is 0.930 bits per heavy atom. The van der Waals surface area contributed by atoms with E-state index in [1.54, 1.807) is 11.3 Å². The van der Waals surface area contributed by atoms with Crippen LogP contribution in [0.25, 0.3) is 21.2 Å². The van der Waals surface area contributed by atoms with E-state index in [9.17, 15) is 0 Å². The summed E-state index contributed by atoms with van der Waals surface area (Å²) in [6, 6.07) is 47.2. The van der Waals surface area contributed by atoms with Crippen LogP contribution >= 0.6 is 22.9 Å². The molecule has 57 heavy (non-hydrogen) atoms. The van der Waals surface area contributed by atoms with Gasteiger partial charge in [-0.25, -0.2) is 0 Å². The fourth-order valence-electron chi connectivity index (χ4n) is 8.40. The van der Waals surface area contributed by atoms with E-state index in [2.05, 4.69) is 219 Å². The average Bonchev–Trinajstić information content (AvgIpc) is 3.67. The van der Waals surface area contributed by atoms with Gasteiger partial charge in [0.25, 0.3) is 0 Å². The Bertz CT molecular complexity index is 2530. The molecule has 0 bridgehead atoms. The van der Waals surface area contributed by atoms with Crippen molar-refractivity contribution in [2.75, 3.05) is 9.80 Å². The normalized spacial score (nSPS) is 13.8. The van der Waals surface area contributed by atoms with Gasteiger partial charge in [0.1, 0.15) is 0 Å². The first-order chi connectivity index (χ1) is 26.8. The summed E-state index contributed by atoms with van der Waals surface area (Å²) in [6.07, 6.45) is 0. The van der Waals surface area contributed by atoms with Crippen molar-refractivity contribution in [3.63, 3.8) is 0 Å². The number of hydrogen-bond donors (Lipinski definition) is 0. The number of thiophene rings is 1. The van der Waals surface area contributed by atoms with Crippen LogP contribution < -0.4 is 9.80 Å². The molecule has 6 aromatic carbocycles. The Hall–Kier alpha value is -4.83. The van der Waals surface area contributed by atoms with Crippen molar-refractivity contribution in [3.8, 4) is 11.1 Å². The van der Waals surface area contributed by atoms with Crippen molar-refractivity contribution >= 4 is 67.1 Å². The van der Waals surface area contributed by atoms with Crippen molar-refractivity contribution in [3.05, 3.63) is 166 Å². The summed E-state index contributed by atoms with van der Waals surface area (Å²) >= 11 is 9.65. The Morgan fingerprint density at radius 3 is 1.42 bits per heavy atom. The first kappa shape index (κ1) is 39.0. The minimum absolute atomic E-state index is 0.0301. The molecule has 0 radical (unpaired) electrons. The van der Waals surface area contributed by atoms with Gasteiger partial charge >= 0.3 is 0 Å². The fourth-order valence-corrected chi connectivity index (χ4v) is 9.64. The highest BCUT2D eigenvalue weighted by molar-refractivity contribution is 7.17. The number of benzene rings is 6. The molecule has 0 amide bonds. The maximum atomic E-state index is 7.85. The molecular weight excluding hydrogens is 732 g/mol. The highest BCUT2D eigenvalue weighted by atomic mass is 35.5. The molecule has 0 N–H and O–H groups in total. The fraction of sp³-hybridized carbons (Fsp3) is 0.283. The van der Waals surface area contributed by atoms with Crippen LogP contribution in [0, 0.1) is 0 Å². The first-order valence-electron chi connectivity index (χ1n) is 20.2. The number of anilines is 6. The van der Waals surface area contributed by atoms with Crippen LogP contribution in [0.1, 0.15) is 104 Å². The van der Waals surface area contributed by atoms with E-state index in [-0.39, 0.29) is 21.7 Å². The SMILES string of the molecule is CC(C)(C)c1ccc(N(c2ccc(C(C)(C)C)cc2)c2cccc(N(c3ccc(C(C)(C)C)cc3)c3csc4cc5c(cc34)-c3ccccc3C5(C)C)c2Cl)cc1. The highest BCUT2D eigenvalue weighted by Crippen LogP contribution is 2.54. The molecule has 0 saturated heterocycles. The van der Waals surface area contributed by atoms with Gasteiger partial charge in [-0.2, -0.15) is 0 Å². The molecule has 7 aromatic rings. The van der Waals surface area contributed by atoms with Gasteiger partial charge in [0.2, 0.25) is 0 Å². The molecule has 1 aliphatic rings. The van der Waals surface area contributed by atoms with E-state index in [1.807, 2.05) is 0 Å². The van der Waals surface area contributed by atoms with Gasteiger partial charge in [-0.1, -0.05) is 154 Å². The zero-order valence-electron chi connectivity index (χ0n) is 35.4. The van der Waals surface area contributed by atoms with E-state index in [1.165, 1.54) is 49.0 Å². The maximum Gasteiger partial charge on any atom is 0.0887 e. The van der Waals surface area contributed by atoms with Gasteiger partial charge < -0.3 is 9.80 Å². The third kappa shape index (κ3) is 6.98. The number of fused-ring (bicyclic) bond motifs is 4. The smallest absolute Gasteiger partial charge is 0.0887 e. The second kappa shape index (κ2) is 13.9. The van der Waals surface area contributed by atoms with Crippen LogP contribution in [0.15, 0.2) is 133 Å². The van der Waals surface area contributed by atoms with Crippen LogP contribution in [0.4, 0.5) is 34.1 Å². The van der Waals surface area contributed by atoms with Crippen molar-refractivity contribution in [1.29, 1.82) is 0 Å². The molecule has 0 saturated carbocycles. The second-order valence-corrected chi connectivity index (χ2v) is 20.6. The Labute approximate surface area is 349 Å². The molecule has 4 heteroatoms.